The molecule has 142 valence electrons. The fourth-order valence-corrected chi connectivity index (χ4v) is 6.18. The zero-order valence-electron chi connectivity index (χ0n) is 16.0. The van der Waals surface area contributed by atoms with Gasteiger partial charge in [-0.2, -0.15) is 0 Å². The van der Waals surface area contributed by atoms with Crippen molar-refractivity contribution in [1.29, 1.82) is 0 Å². The lowest BCUT2D eigenvalue weighted by Gasteiger charge is -2.35. The highest BCUT2D eigenvalue weighted by Gasteiger charge is 2.38. The number of hydrogen-bond donors (Lipinski definition) is 0. The van der Waals surface area contributed by atoms with Crippen LogP contribution in [0, 0.1) is 12.3 Å². The third-order valence-corrected chi connectivity index (χ3v) is 7.69. The summed E-state index contributed by atoms with van der Waals surface area (Å²) in [5.74, 6) is 3.56. The molecule has 1 aromatic heterocycles. The molecule has 0 unspecified atom stereocenters. The Morgan fingerprint density at radius 2 is 1.46 bits per heavy atom. The second-order valence-electron chi connectivity index (χ2n) is 7.19. The van der Waals surface area contributed by atoms with Gasteiger partial charge in [0, 0.05) is 7.92 Å². The van der Waals surface area contributed by atoms with Crippen LogP contribution in [0.15, 0.2) is 77.2 Å². The van der Waals surface area contributed by atoms with Crippen LogP contribution in [-0.4, -0.2) is 6.61 Å². The van der Waals surface area contributed by atoms with Gasteiger partial charge in [-0.1, -0.05) is 85.8 Å². The molecular weight excluding hydrogens is 363 g/mol. The summed E-state index contributed by atoms with van der Waals surface area (Å²) in [5.41, 5.74) is 0.633. The van der Waals surface area contributed by atoms with Crippen molar-refractivity contribution in [2.45, 2.75) is 37.7 Å². The molecule has 0 atom stereocenters. The molecule has 1 fully saturated rings. The third-order valence-electron chi connectivity index (χ3n) is 5.38. The van der Waals surface area contributed by atoms with Crippen molar-refractivity contribution in [3.63, 3.8) is 0 Å². The van der Waals surface area contributed by atoms with Gasteiger partial charge in [0.25, 0.3) is 0 Å². The number of benzene rings is 2. The summed E-state index contributed by atoms with van der Waals surface area (Å²) in [4.78, 5) is 0. The van der Waals surface area contributed by atoms with Crippen molar-refractivity contribution in [3.05, 3.63) is 78.6 Å². The largest absolute Gasteiger partial charge is 0.458 e. The van der Waals surface area contributed by atoms with Crippen LogP contribution in [0.25, 0.3) is 0 Å². The van der Waals surface area contributed by atoms with Gasteiger partial charge in [0.1, 0.15) is 23.5 Å². The highest BCUT2D eigenvalue weighted by Crippen LogP contribution is 2.42. The minimum atomic E-state index is -0.744. The molecule has 0 saturated heterocycles. The summed E-state index contributed by atoms with van der Waals surface area (Å²) in [7, 11) is -0.744. The second kappa shape index (κ2) is 8.78. The molecule has 3 heteroatoms. The molecular formula is C25H25O2P. The molecule has 4 rings (SSSR count). The number of hydrogen-bond acceptors (Lipinski definition) is 2. The predicted octanol–water partition coefficient (Wildman–Crippen LogP) is 4.85. The molecule has 28 heavy (non-hydrogen) atoms. The molecule has 0 N–H and O–H groups in total. The van der Waals surface area contributed by atoms with Gasteiger partial charge in [-0.25, -0.2) is 0 Å². The van der Waals surface area contributed by atoms with Crippen molar-refractivity contribution in [3.8, 4) is 12.3 Å². The van der Waals surface area contributed by atoms with Crippen LogP contribution in [0.5, 0.6) is 0 Å². The van der Waals surface area contributed by atoms with Crippen LogP contribution >= 0.6 is 7.92 Å². The molecule has 0 spiro atoms. The van der Waals surface area contributed by atoms with Crippen LogP contribution in [-0.2, 0) is 10.3 Å². The Hall–Kier alpha value is -2.33. The first kappa shape index (κ1) is 19.0. The Kier molecular flexibility index (Phi) is 5.96. The van der Waals surface area contributed by atoms with Gasteiger partial charge in [0.05, 0.1) is 0 Å². The van der Waals surface area contributed by atoms with E-state index >= 15 is 0 Å². The average Bonchev–Trinajstić information content (AvgIpc) is 3.25. The van der Waals surface area contributed by atoms with E-state index in [2.05, 4.69) is 78.7 Å². The summed E-state index contributed by atoms with van der Waals surface area (Å²) in [5, 5.41) is 2.57. The Bertz CT molecular complexity index is 878. The lowest BCUT2D eigenvalue weighted by molar-refractivity contribution is -0.0747. The summed E-state index contributed by atoms with van der Waals surface area (Å²) < 4.78 is 12.7. The minimum Gasteiger partial charge on any atom is -0.458 e. The molecule has 1 aliphatic carbocycles. The smallest absolute Gasteiger partial charge is 0.136 e. The van der Waals surface area contributed by atoms with Crippen molar-refractivity contribution < 1.29 is 9.15 Å². The van der Waals surface area contributed by atoms with Crippen molar-refractivity contribution >= 4 is 24.0 Å². The van der Waals surface area contributed by atoms with E-state index in [0.717, 1.165) is 36.9 Å². The maximum absolute atomic E-state index is 6.53. The first-order valence-corrected chi connectivity index (χ1v) is 11.2. The minimum absolute atomic E-state index is 0.322. The lowest BCUT2D eigenvalue weighted by Crippen LogP contribution is -2.32. The van der Waals surface area contributed by atoms with E-state index in [1.807, 2.05) is 0 Å². The lowest BCUT2D eigenvalue weighted by atomic mass is 9.83. The molecule has 0 bridgehead atoms. The first-order chi connectivity index (χ1) is 13.8. The van der Waals surface area contributed by atoms with Gasteiger partial charge in [-0.3, -0.25) is 0 Å². The maximum Gasteiger partial charge on any atom is 0.136 e. The molecule has 0 radical (unpaired) electrons. The van der Waals surface area contributed by atoms with E-state index in [4.69, 9.17) is 15.6 Å². The van der Waals surface area contributed by atoms with Crippen LogP contribution < -0.4 is 16.1 Å². The molecule has 3 aromatic rings. The standard InChI is InChI=1S/C25H25O2P/c1-2-20-26-25(18-10-5-11-19-25)23-16-17-24(27-23)28(21-12-6-3-7-13-21)22-14-8-4-9-15-22/h1,3-4,6-9,12-17H,5,10-11,18-20H2. The van der Waals surface area contributed by atoms with Crippen LogP contribution in [0.1, 0.15) is 37.9 Å². The number of rotatable bonds is 6. The van der Waals surface area contributed by atoms with Gasteiger partial charge in [-0.15, -0.1) is 6.42 Å². The van der Waals surface area contributed by atoms with Crippen molar-refractivity contribution in [1.82, 2.24) is 0 Å². The van der Waals surface area contributed by atoms with E-state index in [-0.39, 0.29) is 5.60 Å². The fraction of sp³-hybridized carbons (Fsp3) is 0.280. The van der Waals surface area contributed by atoms with Gasteiger partial charge in [0.2, 0.25) is 0 Å². The summed E-state index contributed by atoms with van der Waals surface area (Å²) in [6, 6.07) is 25.5. The molecule has 1 aliphatic rings. The van der Waals surface area contributed by atoms with Crippen molar-refractivity contribution in [2.75, 3.05) is 6.61 Å². The van der Waals surface area contributed by atoms with Crippen LogP contribution in [0.2, 0.25) is 0 Å². The summed E-state index contributed by atoms with van der Waals surface area (Å²) in [6.45, 7) is 0.322. The van der Waals surface area contributed by atoms with Crippen LogP contribution in [0.3, 0.4) is 0 Å². The highest BCUT2D eigenvalue weighted by atomic mass is 31.1. The Labute approximate surface area is 168 Å². The summed E-state index contributed by atoms with van der Waals surface area (Å²) >= 11 is 0. The van der Waals surface area contributed by atoms with E-state index in [9.17, 15) is 0 Å². The van der Waals surface area contributed by atoms with Gasteiger partial charge < -0.3 is 9.15 Å². The van der Waals surface area contributed by atoms with Crippen molar-refractivity contribution in [2.24, 2.45) is 0 Å². The Morgan fingerprint density at radius 1 is 0.857 bits per heavy atom. The van der Waals surface area contributed by atoms with E-state index in [0.29, 0.717) is 6.61 Å². The van der Waals surface area contributed by atoms with Crippen LogP contribution in [0.4, 0.5) is 0 Å². The monoisotopic (exact) mass is 388 g/mol. The van der Waals surface area contributed by atoms with Gasteiger partial charge in [0.15, 0.2) is 0 Å². The topological polar surface area (TPSA) is 22.4 Å². The average molecular weight is 388 g/mol. The SMILES string of the molecule is C#CCOC1(c2ccc(P(c3ccccc3)c3ccccc3)o2)CCCCC1. The van der Waals surface area contributed by atoms with E-state index in [1.54, 1.807) is 0 Å². The normalized spacial score (nSPS) is 16.0. The highest BCUT2D eigenvalue weighted by molar-refractivity contribution is 7.79. The number of furan rings is 1. The molecule has 0 aliphatic heterocycles. The predicted molar refractivity (Wildman–Crippen MR) is 117 cm³/mol. The Morgan fingerprint density at radius 3 is 2.04 bits per heavy atom. The van der Waals surface area contributed by atoms with E-state index in [1.165, 1.54) is 17.0 Å². The molecule has 1 saturated carbocycles. The fourth-order valence-electron chi connectivity index (χ4n) is 4.01. The van der Waals surface area contributed by atoms with E-state index < -0.39 is 7.92 Å². The quantitative estimate of drug-likeness (QED) is 0.445. The number of ether oxygens (including phenoxy) is 1. The second-order valence-corrected chi connectivity index (χ2v) is 9.34. The molecule has 2 nitrogen and oxygen atoms in total. The first-order valence-electron chi connectivity index (χ1n) is 9.90. The molecule has 0 amide bonds. The van der Waals surface area contributed by atoms with Gasteiger partial charge in [-0.05, 0) is 35.6 Å². The summed E-state index contributed by atoms with van der Waals surface area (Å²) in [6.07, 6.45) is 11.0. The molecule has 2 aromatic carbocycles. The zero-order chi connectivity index (χ0) is 19.2. The molecule has 1 heterocycles. The van der Waals surface area contributed by atoms with Gasteiger partial charge >= 0.3 is 0 Å². The third kappa shape index (κ3) is 3.93. The Balaban J connectivity index is 1.73. The maximum atomic E-state index is 6.53. The number of terminal acetylenes is 1. The zero-order valence-corrected chi connectivity index (χ0v) is 16.9.